The van der Waals surface area contributed by atoms with Gasteiger partial charge in [-0.25, -0.2) is 0 Å². The first-order valence-electron chi connectivity index (χ1n) is 8.00. The molecule has 0 aliphatic carbocycles. The SMILES string of the molecule is COc1cc(CC(=O)NCc2nnc3ccccn23)cc(OC)c1OC. The van der Waals surface area contributed by atoms with Crippen molar-refractivity contribution in [3.63, 3.8) is 0 Å². The highest BCUT2D eigenvalue weighted by atomic mass is 16.5. The van der Waals surface area contributed by atoms with Gasteiger partial charge in [0, 0.05) is 6.20 Å². The molecule has 1 amide bonds. The Kier molecular flexibility index (Phi) is 5.21. The standard InChI is InChI=1S/C18H20N4O4/c1-24-13-8-12(9-14(25-2)18(13)26-3)10-17(23)19-11-16-21-20-15-6-4-5-7-22(15)16/h4-9H,10-11H2,1-3H3,(H,19,23). The number of hydrogen-bond donors (Lipinski definition) is 1. The Labute approximate surface area is 150 Å². The average Bonchev–Trinajstić information content (AvgIpc) is 3.08. The van der Waals surface area contributed by atoms with Crippen molar-refractivity contribution in [3.8, 4) is 17.2 Å². The highest BCUT2D eigenvalue weighted by Gasteiger charge is 2.15. The topological polar surface area (TPSA) is 87.0 Å². The maximum Gasteiger partial charge on any atom is 0.224 e. The number of nitrogens with zero attached hydrogens (tertiary/aromatic N) is 3. The van der Waals surface area contributed by atoms with Crippen molar-refractivity contribution in [3.05, 3.63) is 47.9 Å². The quantitative estimate of drug-likeness (QED) is 0.692. The van der Waals surface area contributed by atoms with Gasteiger partial charge in [0.1, 0.15) is 0 Å². The van der Waals surface area contributed by atoms with Gasteiger partial charge in [0.2, 0.25) is 11.7 Å². The lowest BCUT2D eigenvalue weighted by molar-refractivity contribution is -0.120. The molecule has 8 nitrogen and oxygen atoms in total. The minimum atomic E-state index is -0.146. The monoisotopic (exact) mass is 356 g/mol. The van der Waals surface area contributed by atoms with Crippen LogP contribution in [0.15, 0.2) is 36.5 Å². The van der Waals surface area contributed by atoms with Gasteiger partial charge < -0.3 is 19.5 Å². The minimum absolute atomic E-state index is 0.146. The lowest BCUT2D eigenvalue weighted by Gasteiger charge is -2.14. The molecule has 8 heteroatoms. The van der Waals surface area contributed by atoms with Crippen molar-refractivity contribution in [1.29, 1.82) is 0 Å². The molecule has 136 valence electrons. The van der Waals surface area contributed by atoms with Gasteiger partial charge in [0.05, 0.1) is 34.3 Å². The number of nitrogens with one attached hydrogen (secondary N) is 1. The maximum atomic E-state index is 12.3. The first kappa shape index (κ1) is 17.5. The molecule has 0 aliphatic rings. The molecule has 0 aliphatic heterocycles. The Morgan fingerprint density at radius 3 is 2.46 bits per heavy atom. The molecule has 1 aromatic carbocycles. The van der Waals surface area contributed by atoms with Crippen LogP contribution in [0.4, 0.5) is 0 Å². The Morgan fingerprint density at radius 1 is 1.08 bits per heavy atom. The fraction of sp³-hybridized carbons (Fsp3) is 0.278. The fourth-order valence-electron chi connectivity index (χ4n) is 2.67. The van der Waals surface area contributed by atoms with E-state index in [0.29, 0.717) is 23.1 Å². The normalized spacial score (nSPS) is 10.6. The summed E-state index contributed by atoms with van der Waals surface area (Å²) < 4.78 is 17.7. The third-order valence-corrected chi connectivity index (χ3v) is 3.92. The van der Waals surface area contributed by atoms with Crippen LogP contribution in [0, 0.1) is 0 Å². The van der Waals surface area contributed by atoms with Gasteiger partial charge in [-0.3, -0.25) is 9.20 Å². The van der Waals surface area contributed by atoms with E-state index < -0.39 is 0 Å². The van der Waals surface area contributed by atoms with Gasteiger partial charge in [-0.2, -0.15) is 0 Å². The Hall–Kier alpha value is -3.29. The summed E-state index contributed by atoms with van der Waals surface area (Å²) in [7, 11) is 4.62. The van der Waals surface area contributed by atoms with Gasteiger partial charge in [0.15, 0.2) is 23.0 Å². The number of rotatable bonds is 7. The van der Waals surface area contributed by atoms with Crippen LogP contribution in [-0.4, -0.2) is 41.8 Å². The maximum absolute atomic E-state index is 12.3. The molecule has 0 unspecified atom stereocenters. The number of benzene rings is 1. The number of carbonyl (C=O) groups is 1. The van der Waals surface area contributed by atoms with Crippen molar-refractivity contribution in [2.45, 2.75) is 13.0 Å². The van der Waals surface area contributed by atoms with Gasteiger partial charge in [0.25, 0.3) is 0 Å². The van der Waals surface area contributed by atoms with Crippen molar-refractivity contribution in [2.24, 2.45) is 0 Å². The van der Waals surface area contributed by atoms with E-state index in [1.807, 2.05) is 28.8 Å². The van der Waals surface area contributed by atoms with Crippen molar-refractivity contribution < 1.29 is 19.0 Å². The van der Waals surface area contributed by atoms with Crippen LogP contribution in [0.5, 0.6) is 17.2 Å². The number of amides is 1. The molecule has 2 heterocycles. The second kappa shape index (κ2) is 7.73. The number of methoxy groups -OCH3 is 3. The number of carbonyl (C=O) groups excluding carboxylic acids is 1. The molecular weight excluding hydrogens is 336 g/mol. The predicted molar refractivity (Wildman–Crippen MR) is 94.6 cm³/mol. The number of hydrogen-bond acceptors (Lipinski definition) is 6. The molecule has 0 bridgehead atoms. The van der Waals surface area contributed by atoms with Crippen molar-refractivity contribution in [2.75, 3.05) is 21.3 Å². The number of aromatic nitrogens is 3. The van der Waals surface area contributed by atoms with Gasteiger partial charge >= 0.3 is 0 Å². The number of fused-ring (bicyclic) bond motifs is 1. The molecule has 26 heavy (non-hydrogen) atoms. The summed E-state index contributed by atoms with van der Waals surface area (Å²) in [5.74, 6) is 2.04. The largest absolute Gasteiger partial charge is 0.493 e. The summed E-state index contributed by atoms with van der Waals surface area (Å²) in [6.45, 7) is 0.286. The van der Waals surface area contributed by atoms with Gasteiger partial charge in [-0.05, 0) is 29.8 Å². The van der Waals surface area contributed by atoms with E-state index in [4.69, 9.17) is 14.2 Å². The third-order valence-electron chi connectivity index (χ3n) is 3.92. The summed E-state index contributed by atoms with van der Waals surface area (Å²) in [4.78, 5) is 12.3. The second-order valence-corrected chi connectivity index (χ2v) is 5.53. The molecule has 0 spiro atoms. The summed E-state index contributed by atoms with van der Waals surface area (Å²) in [5.41, 5.74) is 1.49. The molecule has 0 fully saturated rings. The van der Waals surface area contributed by atoms with E-state index in [1.165, 1.54) is 21.3 Å². The second-order valence-electron chi connectivity index (χ2n) is 5.53. The fourth-order valence-corrected chi connectivity index (χ4v) is 2.67. The van der Waals surface area contributed by atoms with Crippen LogP contribution < -0.4 is 19.5 Å². The van der Waals surface area contributed by atoms with E-state index >= 15 is 0 Å². The molecule has 1 N–H and O–H groups in total. The van der Waals surface area contributed by atoms with Crippen molar-refractivity contribution in [1.82, 2.24) is 19.9 Å². The van der Waals surface area contributed by atoms with E-state index in [0.717, 1.165) is 11.2 Å². The van der Waals surface area contributed by atoms with Crippen molar-refractivity contribution >= 4 is 11.6 Å². The smallest absolute Gasteiger partial charge is 0.224 e. The number of ether oxygens (including phenoxy) is 3. The minimum Gasteiger partial charge on any atom is -0.493 e. The van der Waals surface area contributed by atoms with Crippen LogP contribution >= 0.6 is 0 Å². The highest BCUT2D eigenvalue weighted by Crippen LogP contribution is 2.38. The van der Waals surface area contributed by atoms with Gasteiger partial charge in [-0.1, -0.05) is 6.07 Å². The van der Waals surface area contributed by atoms with Crippen LogP contribution in [0.2, 0.25) is 0 Å². The number of pyridine rings is 1. The highest BCUT2D eigenvalue weighted by molar-refractivity contribution is 5.79. The molecule has 0 radical (unpaired) electrons. The van der Waals surface area contributed by atoms with Crippen LogP contribution in [0.1, 0.15) is 11.4 Å². The molecule has 0 saturated carbocycles. The summed E-state index contributed by atoms with van der Waals surface area (Å²) >= 11 is 0. The van der Waals surface area contributed by atoms with E-state index in [2.05, 4.69) is 15.5 Å². The zero-order valence-electron chi connectivity index (χ0n) is 14.9. The Morgan fingerprint density at radius 2 is 1.81 bits per heavy atom. The summed E-state index contributed by atoms with van der Waals surface area (Å²) in [6, 6.07) is 9.14. The Balaban J connectivity index is 1.70. The van der Waals surface area contributed by atoms with Crippen LogP contribution in [0.25, 0.3) is 5.65 Å². The van der Waals surface area contributed by atoms with Gasteiger partial charge in [-0.15, -0.1) is 10.2 Å². The first-order chi connectivity index (χ1) is 12.7. The molecule has 3 aromatic rings. The zero-order valence-corrected chi connectivity index (χ0v) is 14.9. The molecule has 2 aromatic heterocycles. The lowest BCUT2D eigenvalue weighted by Crippen LogP contribution is -2.25. The molecule has 3 rings (SSSR count). The van der Waals surface area contributed by atoms with Crippen LogP contribution in [-0.2, 0) is 17.8 Å². The predicted octanol–water partition coefficient (Wildman–Crippen LogP) is 1.61. The van der Waals surface area contributed by atoms with E-state index in [-0.39, 0.29) is 18.9 Å². The third kappa shape index (κ3) is 3.53. The molecule has 0 saturated heterocycles. The molecule has 0 atom stereocenters. The summed E-state index contributed by atoms with van der Waals surface area (Å²) in [5, 5.41) is 11.0. The first-order valence-corrected chi connectivity index (χ1v) is 8.00. The van der Waals surface area contributed by atoms with E-state index in [1.54, 1.807) is 12.1 Å². The summed E-state index contributed by atoms with van der Waals surface area (Å²) in [6.07, 6.45) is 2.03. The zero-order chi connectivity index (χ0) is 18.5. The molecular formula is C18H20N4O4. The Bertz CT molecular complexity index is 897. The van der Waals surface area contributed by atoms with E-state index in [9.17, 15) is 4.79 Å². The van der Waals surface area contributed by atoms with Crippen LogP contribution in [0.3, 0.4) is 0 Å². The lowest BCUT2D eigenvalue weighted by atomic mass is 10.1. The average molecular weight is 356 g/mol.